The van der Waals surface area contributed by atoms with E-state index in [1.165, 1.54) is 36.4 Å². The molecule has 0 bridgehead atoms. The van der Waals surface area contributed by atoms with Crippen LogP contribution >= 0.6 is 11.6 Å². The quantitative estimate of drug-likeness (QED) is 0.510. The third-order valence-electron chi connectivity index (χ3n) is 2.81. The molecule has 2 aromatic carbocycles. The van der Waals surface area contributed by atoms with Crippen molar-refractivity contribution in [1.82, 2.24) is 4.98 Å². The first-order valence-electron chi connectivity index (χ1n) is 7.35. The Morgan fingerprint density at radius 3 is 1.36 bits per heavy atom. The predicted octanol–water partition coefficient (Wildman–Crippen LogP) is 3.31. The molecule has 0 saturated carbocycles. The summed E-state index contributed by atoms with van der Waals surface area (Å²) in [5.74, 6) is -0.0441. The van der Waals surface area contributed by atoms with Crippen LogP contribution in [-0.4, -0.2) is 36.0 Å². The van der Waals surface area contributed by atoms with Gasteiger partial charge in [-0.05, 0) is 60.7 Å². The lowest BCUT2D eigenvalue weighted by Gasteiger charge is -1.94. The zero-order chi connectivity index (χ0) is 21.2. The molecule has 0 spiro atoms. The number of phenolic OH excluding ortho intramolecular Hbond substituents is 1. The maximum Gasteiger partial charge on any atom is 0.294 e. The third kappa shape index (κ3) is 9.44. The van der Waals surface area contributed by atoms with Gasteiger partial charge >= 0.3 is 0 Å². The van der Waals surface area contributed by atoms with E-state index in [-0.39, 0.29) is 15.5 Å². The summed E-state index contributed by atoms with van der Waals surface area (Å²) in [6, 6.07) is 15.6. The second-order valence-corrected chi connectivity index (χ2v) is 8.20. The highest BCUT2D eigenvalue weighted by Gasteiger charge is 2.08. The lowest BCUT2D eigenvalue weighted by Crippen LogP contribution is -1.96. The van der Waals surface area contributed by atoms with Crippen molar-refractivity contribution in [3.05, 3.63) is 84.1 Å². The second-order valence-electron chi connectivity index (χ2n) is 4.92. The number of nitrogens with zero attached hydrogens (tertiary/aromatic N) is 1. The Morgan fingerprint density at radius 1 is 0.679 bits per heavy atom. The number of hydrogen-bond donors (Lipinski definition) is 3. The van der Waals surface area contributed by atoms with E-state index in [4.69, 9.17) is 25.8 Å². The molecule has 0 aliphatic carbocycles. The van der Waals surface area contributed by atoms with Crippen molar-refractivity contribution in [1.29, 1.82) is 0 Å². The molecule has 28 heavy (non-hydrogen) atoms. The van der Waals surface area contributed by atoms with Gasteiger partial charge in [-0.25, -0.2) is 0 Å². The fourth-order valence-electron chi connectivity index (χ4n) is 1.54. The highest BCUT2D eigenvalue weighted by atomic mass is 35.5. The van der Waals surface area contributed by atoms with Crippen LogP contribution in [0.2, 0.25) is 5.02 Å². The van der Waals surface area contributed by atoms with Crippen molar-refractivity contribution in [2.75, 3.05) is 0 Å². The van der Waals surface area contributed by atoms with E-state index < -0.39 is 20.2 Å². The molecule has 0 fully saturated rings. The van der Waals surface area contributed by atoms with E-state index in [1.54, 1.807) is 12.4 Å². The van der Waals surface area contributed by atoms with Gasteiger partial charge in [0, 0.05) is 17.4 Å². The lowest BCUT2D eigenvalue weighted by molar-refractivity contribution is 0.472. The van der Waals surface area contributed by atoms with Gasteiger partial charge in [0.25, 0.3) is 20.2 Å². The molecule has 3 rings (SSSR count). The lowest BCUT2D eigenvalue weighted by atomic mass is 10.3. The minimum Gasteiger partial charge on any atom is -0.508 e. The molecule has 0 radical (unpaired) electrons. The van der Waals surface area contributed by atoms with Crippen LogP contribution in [0.1, 0.15) is 0 Å². The van der Waals surface area contributed by atoms with E-state index in [2.05, 4.69) is 4.98 Å². The Hall–Kier alpha value is -2.50. The van der Waals surface area contributed by atoms with Gasteiger partial charge in [-0.3, -0.25) is 14.1 Å². The van der Waals surface area contributed by atoms with Crippen LogP contribution in [0.25, 0.3) is 0 Å². The van der Waals surface area contributed by atoms with Crippen LogP contribution in [0.5, 0.6) is 5.75 Å². The first-order chi connectivity index (χ1) is 13.0. The molecule has 0 unspecified atom stereocenters. The van der Waals surface area contributed by atoms with Gasteiger partial charge in [-0.15, -0.1) is 0 Å². The molecular formula is C17H16ClNO7S2. The normalized spacial score (nSPS) is 10.7. The second kappa shape index (κ2) is 10.7. The van der Waals surface area contributed by atoms with E-state index in [0.29, 0.717) is 5.02 Å². The summed E-state index contributed by atoms with van der Waals surface area (Å²) in [4.78, 5) is 3.41. The van der Waals surface area contributed by atoms with Gasteiger partial charge in [0.1, 0.15) is 5.75 Å². The fourth-order valence-corrected chi connectivity index (χ4v) is 2.62. The summed E-state index contributed by atoms with van der Waals surface area (Å²) in [6.45, 7) is 0. The predicted molar refractivity (Wildman–Crippen MR) is 103 cm³/mol. The molecule has 3 N–H and O–H groups in total. The van der Waals surface area contributed by atoms with Gasteiger partial charge in [-0.2, -0.15) is 16.8 Å². The maximum atomic E-state index is 10.5. The number of pyridine rings is 1. The molecule has 11 heteroatoms. The first kappa shape index (κ1) is 23.5. The minimum absolute atomic E-state index is 0.0441. The van der Waals surface area contributed by atoms with Crippen molar-refractivity contribution < 1.29 is 31.0 Å². The van der Waals surface area contributed by atoms with Crippen LogP contribution < -0.4 is 0 Å². The average Bonchev–Trinajstić information content (AvgIpc) is 2.63. The topological polar surface area (TPSA) is 142 Å². The molecule has 0 saturated heterocycles. The Labute approximate surface area is 167 Å². The van der Waals surface area contributed by atoms with Crippen LogP contribution in [0.15, 0.2) is 88.9 Å². The van der Waals surface area contributed by atoms with Gasteiger partial charge in [0.15, 0.2) is 0 Å². The smallest absolute Gasteiger partial charge is 0.294 e. The molecule has 150 valence electrons. The van der Waals surface area contributed by atoms with E-state index in [9.17, 15) is 16.8 Å². The summed E-state index contributed by atoms with van der Waals surface area (Å²) in [5, 5.41) is 9.17. The Morgan fingerprint density at radius 2 is 1.07 bits per heavy atom. The first-order valence-corrected chi connectivity index (χ1v) is 10.6. The number of benzene rings is 2. The fraction of sp³-hybridized carbons (Fsp3) is 0. The Kier molecular flexibility index (Phi) is 9.03. The number of aromatic nitrogens is 1. The van der Waals surface area contributed by atoms with Gasteiger partial charge in [-0.1, -0.05) is 17.7 Å². The third-order valence-corrected chi connectivity index (χ3v) is 4.80. The number of halogens is 1. The number of hydrogen-bond acceptors (Lipinski definition) is 6. The largest absolute Gasteiger partial charge is 0.508 e. The summed E-state index contributed by atoms with van der Waals surface area (Å²) in [7, 11) is -8.21. The summed E-state index contributed by atoms with van der Waals surface area (Å²) in [5.41, 5.74) is 0. The Balaban J connectivity index is 0.000000219. The molecule has 0 aliphatic rings. The van der Waals surface area contributed by atoms with Crippen LogP contribution in [0, 0.1) is 0 Å². The highest BCUT2D eigenvalue weighted by Crippen LogP contribution is 2.14. The van der Waals surface area contributed by atoms with Crippen LogP contribution in [0.3, 0.4) is 0 Å². The zero-order valence-electron chi connectivity index (χ0n) is 14.1. The zero-order valence-corrected chi connectivity index (χ0v) is 16.5. The van der Waals surface area contributed by atoms with Crippen LogP contribution in [-0.2, 0) is 20.2 Å². The van der Waals surface area contributed by atoms with E-state index >= 15 is 0 Å². The van der Waals surface area contributed by atoms with Crippen LogP contribution in [0.4, 0.5) is 0 Å². The number of aromatic hydroxyl groups is 1. The molecule has 0 aliphatic heterocycles. The molecule has 1 heterocycles. The van der Waals surface area contributed by atoms with E-state index in [1.807, 2.05) is 18.2 Å². The molecule has 8 nitrogen and oxygen atoms in total. The van der Waals surface area contributed by atoms with E-state index in [0.717, 1.165) is 12.1 Å². The van der Waals surface area contributed by atoms with Gasteiger partial charge in [0.05, 0.1) is 9.79 Å². The monoisotopic (exact) mass is 445 g/mol. The average molecular weight is 446 g/mol. The summed E-state index contributed by atoms with van der Waals surface area (Å²) in [6.07, 6.45) is 3.50. The van der Waals surface area contributed by atoms with Crippen molar-refractivity contribution in [3.8, 4) is 5.75 Å². The molecule has 0 amide bonds. The highest BCUT2D eigenvalue weighted by molar-refractivity contribution is 7.86. The minimum atomic E-state index is -4.13. The molecule has 0 atom stereocenters. The molecule has 3 aromatic rings. The molecule has 1 aromatic heterocycles. The standard InChI is InChI=1S/C6H5ClO3S.C6H6O4S.C5H5N/c2*7-5-1-3-6(4-2-5)11(8,9)10;1-2-4-6-5-3-1/h1-4H,(H,8,9,10);1-4,7H,(H,8,9,10);1-5H. The van der Waals surface area contributed by atoms with Crippen molar-refractivity contribution in [2.45, 2.75) is 9.79 Å². The SMILES string of the molecule is O=S(=O)(O)c1ccc(Cl)cc1.O=S(=O)(O)c1ccc(O)cc1.c1ccncc1. The van der Waals surface area contributed by atoms with Crippen molar-refractivity contribution >= 4 is 31.8 Å². The van der Waals surface area contributed by atoms with Gasteiger partial charge in [0.2, 0.25) is 0 Å². The summed E-state index contributed by atoms with van der Waals surface area (Å²) >= 11 is 5.49. The summed E-state index contributed by atoms with van der Waals surface area (Å²) < 4.78 is 58.7. The number of rotatable bonds is 2. The van der Waals surface area contributed by atoms with Gasteiger partial charge < -0.3 is 5.11 Å². The maximum absolute atomic E-state index is 10.5. The number of phenols is 1. The molecular weight excluding hydrogens is 430 g/mol. The Bertz CT molecular complexity index is 955. The van der Waals surface area contributed by atoms with Crippen molar-refractivity contribution in [3.63, 3.8) is 0 Å². The van der Waals surface area contributed by atoms with Crippen molar-refractivity contribution in [2.24, 2.45) is 0 Å².